The van der Waals surface area contributed by atoms with E-state index >= 15 is 4.39 Å². The predicted octanol–water partition coefficient (Wildman–Crippen LogP) is 4.36. The SMILES string of the molecule is CC(C)(C)OOC(=O)C1(F)CC1(c1ccccc1)c1ccccc1. The number of benzene rings is 2. The Morgan fingerprint density at radius 3 is 1.83 bits per heavy atom. The first-order chi connectivity index (χ1) is 11.3. The summed E-state index contributed by atoms with van der Waals surface area (Å²) in [6, 6.07) is 18.5. The summed E-state index contributed by atoms with van der Waals surface area (Å²) in [7, 11) is 0. The smallest absolute Gasteiger partial charge is 0.294 e. The number of alkyl halides is 1. The molecule has 0 heterocycles. The second-order valence-corrected chi connectivity index (χ2v) is 7.18. The van der Waals surface area contributed by atoms with Crippen molar-refractivity contribution < 1.29 is 19.0 Å². The zero-order valence-electron chi connectivity index (χ0n) is 14.1. The zero-order valence-corrected chi connectivity index (χ0v) is 14.1. The number of halogens is 1. The monoisotopic (exact) mass is 328 g/mol. The summed E-state index contributed by atoms with van der Waals surface area (Å²) in [4.78, 5) is 22.3. The van der Waals surface area contributed by atoms with E-state index in [0.717, 1.165) is 11.1 Å². The van der Waals surface area contributed by atoms with E-state index < -0.39 is 22.7 Å². The lowest BCUT2D eigenvalue weighted by atomic mass is 9.85. The van der Waals surface area contributed by atoms with Gasteiger partial charge in [0.25, 0.3) is 0 Å². The minimum Gasteiger partial charge on any atom is -0.294 e. The molecule has 1 saturated carbocycles. The van der Waals surface area contributed by atoms with Gasteiger partial charge in [0.05, 0.1) is 5.41 Å². The molecule has 4 heteroatoms. The fraction of sp³-hybridized carbons (Fsp3) is 0.350. The molecule has 1 aliphatic rings. The van der Waals surface area contributed by atoms with Crippen LogP contribution in [-0.2, 0) is 20.0 Å². The lowest BCUT2D eigenvalue weighted by molar-refractivity contribution is -0.324. The van der Waals surface area contributed by atoms with Crippen LogP contribution in [0.15, 0.2) is 60.7 Å². The molecule has 0 spiro atoms. The van der Waals surface area contributed by atoms with Crippen molar-refractivity contribution in [1.82, 2.24) is 0 Å². The fourth-order valence-corrected chi connectivity index (χ4v) is 3.07. The first-order valence-electron chi connectivity index (χ1n) is 8.00. The Hall–Kier alpha value is -2.20. The van der Waals surface area contributed by atoms with Crippen molar-refractivity contribution in [2.24, 2.45) is 0 Å². The number of carbonyl (C=O) groups is 1. The molecule has 3 rings (SSSR count). The van der Waals surface area contributed by atoms with Gasteiger partial charge in [-0.1, -0.05) is 60.7 Å². The molecule has 3 nitrogen and oxygen atoms in total. The van der Waals surface area contributed by atoms with Crippen molar-refractivity contribution in [1.29, 1.82) is 0 Å². The van der Waals surface area contributed by atoms with Crippen LogP contribution in [0.1, 0.15) is 38.3 Å². The maximum absolute atomic E-state index is 15.6. The van der Waals surface area contributed by atoms with Crippen LogP contribution in [0.2, 0.25) is 0 Å². The molecule has 0 saturated heterocycles. The van der Waals surface area contributed by atoms with E-state index in [2.05, 4.69) is 0 Å². The lowest BCUT2D eigenvalue weighted by Gasteiger charge is -2.22. The number of rotatable bonds is 4. The van der Waals surface area contributed by atoms with Crippen molar-refractivity contribution in [3.05, 3.63) is 71.8 Å². The van der Waals surface area contributed by atoms with E-state index in [4.69, 9.17) is 9.78 Å². The van der Waals surface area contributed by atoms with E-state index in [1.54, 1.807) is 20.8 Å². The first kappa shape index (κ1) is 16.7. The molecule has 2 aromatic carbocycles. The van der Waals surface area contributed by atoms with Crippen molar-refractivity contribution in [3.63, 3.8) is 0 Å². The summed E-state index contributed by atoms with van der Waals surface area (Å²) >= 11 is 0. The summed E-state index contributed by atoms with van der Waals surface area (Å²) < 4.78 is 15.6. The molecule has 1 unspecified atom stereocenters. The van der Waals surface area contributed by atoms with Crippen LogP contribution in [0.3, 0.4) is 0 Å². The molecule has 1 fully saturated rings. The van der Waals surface area contributed by atoms with Gasteiger partial charge in [0, 0.05) is 6.42 Å². The molecule has 1 aliphatic carbocycles. The van der Waals surface area contributed by atoms with Crippen LogP contribution in [0.5, 0.6) is 0 Å². The highest BCUT2D eigenvalue weighted by atomic mass is 19.1. The maximum Gasteiger partial charge on any atom is 0.380 e. The second kappa shape index (κ2) is 5.71. The van der Waals surface area contributed by atoms with Crippen LogP contribution in [0.25, 0.3) is 0 Å². The van der Waals surface area contributed by atoms with Gasteiger partial charge in [0.1, 0.15) is 5.60 Å². The summed E-state index contributed by atoms with van der Waals surface area (Å²) in [6.07, 6.45) is 0.0420. The van der Waals surface area contributed by atoms with E-state index in [9.17, 15) is 4.79 Å². The van der Waals surface area contributed by atoms with Gasteiger partial charge in [-0.05, 0) is 31.9 Å². The molecule has 0 radical (unpaired) electrons. The van der Waals surface area contributed by atoms with E-state index in [1.165, 1.54) is 0 Å². The third-order valence-corrected chi connectivity index (χ3v) is 4.28. The van der Waals surface area contributed by atoms with E-state index in [1.807, 2.05) is 60.7 Å². The topological polar surface area (TPSA) is 35.5 Å². The Labute approximate surface area is 141 Å². The Morgan fingerprint density at radius 1 is 0.958 bits per heavy atom. The third kappa shape index (κ3) is 2.71. The molecule has 1 atom stereocenters. The van der Waals surface area contributed by atoms with Gasteiger partial charge in [-0.15, -0.1) is 0 Å². The molecule has 0 amide bonds. The normalized spacial score (nSPS) is 22.0. The minimum absolute atomic E-state index is 0.0420. The molecule has 126 valence electrons. The number of hydrogen-bond donors (Lipinski definition) is 0. The Kier molecular flexibility index (Phi) is 3.96. The van der Waals surface area contributed by atoms with E-state index in [-0.39, 0.29) is 6.42 Å². The molecular formula is C20H21FO3. The van der Waals surface area contributed by atoms with Crippen LogP contribution in [0, 0.1) is 0 Å². The summed E-state index contributed by atoms with van der Waals surface area (Å²) in [5.74, 6) is -0.981. The third-order valence-electron chi connectivity index (χ3n) is 4.28. The molecule has 0 aliphatic heterocycles. The largest absolute Gasteiger partial charge is 0.380 e. The number of carbonyl (C=O) groups excluding carboxylic acids is 1. The highest BCUT2D eigenvalue weighted by Gasteiger charge is 2.77. The number of hydrogen-bond acceptors (Lipinski definition) is 3. The van der Waals surface area contributed by atoms with E-state index in [0.29, 0.717) is 0 Å². The van der Waals surface area contributed by atoms with Crippen LogP contribution < -0.4 is 0 Å². The second-order valence-electron chi connectivity index (χ2n) is 7.18. The maximum atomic E-state index is 15.6. The van der Waals surface area contributed by atoms with Crippen LogP contribution in [0.4, 0.5) is 4.39 Å². The van der Waals surface area contributed by atoms with Gasteiger partial charge in [0.2, 0.25) is 5.67 Å². The molecular weight excluding hydrogens is 307 g/mol. The highest BCUT2D eigenvalue weighted by molar-refractivity contribution is 5.89. The lowest BCUT2D eigenvalue weighted by Crippen LogP contribution is -2.33. The molecule has 0 bridgehead atoms. The predicted molar refractivity (Wildman–Crippen MR) is 89.1 cm³/mol. The average molecular weight is 328 g/mol. The Bertz CT molecular complexity index is 682. The van der Waals surface area contributed by atoms with Gasteiger partial charge >= 0.3 is 5.97 Å². The van der Waals surface area contributed by atoms with Crippen molar-refractivity contribution >= 4 is 5.97 Å². The molecule has 24 heavy (non-hydrogen) atoms. The zero-order chi connectivity index (χ0) is 17.4. The Morgan fingerprint density at radius 2 is 1.42 bits per heavy atom. The van der Waals surface area contributed by atoms with Crippen molar-refractivity contribution in [2.75, 3.05) is 0 Å². The van der Waals surface area contributed by atoms with Crippen molar-refractivity contribution in [2.45, 2.75) is 43.9 Å². The Balaban J connectivity index is 1.97. The van der Waals surface area contributed by atoms with Crippen LogP contribution >= 0.6 is 0 Å². The van der Waals surface area contributed by atoms with Gasteiger partial charge in [-0.25, -0.2) is 9.18 Å². The minimum atomic E-state index is -2.14. The molecule has 0 aromatic heterocycles. The van der Waals surface area contributed by atoms with Gasteiger partial charge in [0.15, 0.2) is 0 Å². The summed E-state index contributed by atoms with van der Waals surface area (Å²) in [5, 5.41) is 0. The molecule has 0 N–H and O–H groups in total. The quantitative estimate of drug-likeness (QED) is 0.618. The fourth-order valence-electron chi connectivity index (χ4n) is 3.07. The molecule has 2 aromatic rings. The van der Waals surface area contributed by atoms with Gasteiger partial charge in [-0.2, -0.15) is 4.89 Å². The highest BCUT2D eigenvalue weighted by Crippen LogP contribution is 2.64. The average Bonchev–Trinajstić information content (AvgIpc) is 3.22. The van der Waals surface area contributed by atoms with Crippen molar-refractivity contribution in [3.8, 4) is 0 Å². The summed E-state index contributed by atoms with van der Waals surface area (Å²) in [5.41, 5.74) is -2.35. The van der Waals surface area contributed by atoms with Crippen LogP contribution in [-0.4, -0.2) is 17.2 Å². The standard InChI is InChI=1S/C20H21FO3/c1-18(2,3)24-23-17(22)20(21)14-19(20,15-10-6-4-7-11-15)16-12-8-5-9-13-16/h4-13H,14H2,1-3H3. The first-order valence-corrected chi connectivity index (χ1v) is 8.00. The summed E-state index contributed by atoms with van der Waals surface area (Å²) in [6.45, 7) is 5.21. The van der Waals surface area contributed by atoms with Gasteiger partial charge < -0.3 is 0 Å². The van der Waals surface area contributed by atoms with Gasteiger partial charge in [-0.3, -0.25) is 4.89 Å².